The summed E-state index contributed by atoms with van der Waals surface area (Å²) in [6, 6.07) is 3.45. The first-order valence-corrected chi connectivity index (χ1v) is 3.62. The summed E-state index contributed by atoms with van der Waals surface area (Å²) in [6.45, 7) is 0. The van der Waals surface area contributed by atoms with Crippen molar-refractivity contribution in [2.45, 2.75) is 0 Å². The molecule has 0 N–H and O–H groups in total. The molecule has 0 radical (unpaired) electrons. The van der Waals surface area contributed by atoms with E-state index in [1.54, 1.807) is 19.2 Å². The van der Waals surface area contributed by atoms with E-state index in [0.717, 1.165) is 0 Å². The molecule has 0 bridgehead atoms. The molecule has 2 rings (SSSR count). The van der Waals surface area contributed by atoms with Crippen LogP contribution in [0.25, 0.3) is 11.0 Å². The molecule has 0 atom stereocenters. The van der Waals surface area contributed by atoms with E-state index < -0.39 is 4.92 Å². The maximum Gasteiger partial charge on any atom is 0.416 e. The minimum absolute atomic E-state index is 0.196. The van der Waals surface area contributed by atoms with Gasteiger partial charge in [-0.15, -0.1) is 0 Å². The summed E-state index contributed by atoms with van der Waals surface area (Å²) in [5.41, 5.74) is 0.990. The highest BCUT2D eigenvalue weighted by Crippen LogP contribution is 2.20. The number of hydrogen-bond acceptors (Lipinski definition) is 4. The largest absolute Gasteiger partial charge is 0.416 e. The van der Waals surface area contributed by atoms with E-state index in [4.69, 9.17) is 0 Å². The zero-order valence-corrected chi connectivity index (χ0v) is 6.84. The molecule has 6 nitrogen and oxygen atoms in total. The Kier molecular flexibility index (Phi) is 1.48. The molecule has 66 valence electrons. The topological polar surface area (TPSA) is 73.8 Å². The smallest absolute Gasteiger partial charge is 0.358 e. The van der Waals surface area contributed by atoms with Crippen LogP contribution in [-0.4, -0.2) is 19.7 Å². The Labute approximate surface area is 73.0 Å². The van der Waals surface area contributed by atoms with Gasteiger partial charge in [0.05, 0.1) is 12.1 Å². The molecule has 0 saturated heterocycles. The molecule has 0 aromatic carbocycles. The van der Waals surface area contributed by atoms with Gasteiger partial charge in [0.2, 0.25) is 0 Å². The molecular weight excluding hydrogens is 172 g/mol. The zero-order valence-electron chi connectivity index (χ0n) is 6.84. The van der Waals surface area contributed by atoms with E-state index >= 15 is 0 Å². The second-order valence-electron chi connectivity index (χ2n) is 2.58. The third kappa shape index (κ3) is 1.03. The molecule has 0 aliphatic heterocycles. The average Bonchev–Trinajstić information content (AvgIpc) is 2.45. The molecule has 0 saturated carbocycles. The van der Waals surface area contributed by atoms with Crippen molar-refractivity contribution in [3.8, 4) is 0 Å². The quantitative estimate of drug-likeness (QED) is 0.479. The summed E-state index contributed by atoms with van der Waals surface area (Å²) in [4.78, 5) is 13.9. The molecule has 0 spiro atoms. The van der Waals surface area contributed by atoms with Crippen LogP contribution >= 0.6 is 0 Å². The zero-order chi connectivity index (χ0) is 9.42. The van der Waals surface area contributed by atoms with Gasteiger partial charge in [0.25, 0.3) is 0 Å². The van der Waals surface area contributed by atoms with Crippen LogP contribution in [0.3, 0.4) is 0 Å². The van der Waals surface area contributed by atoms with Gasteiger partial charge in [-0.1, -0.05) is 0 Å². The van der Waals surface area contributed by atoms with Crippen LogP contribution in [0.5, 0.6) is 0 Å². The van der Waals surface area contributed by atoms with Crippen molar-refractivity contribution in [3.63, 3.8) is 0 Å². The third-order valence-corrected chi connectivity index (χ3v) is 1.76. The highest BCUT2D eigenvalue weighted by Gasteiger charge is 2.19. The van der Waals surface area contributed by atoms with Gasteiger partial charge >= 0.3 is 5.82 Å². The van der Waals surface area contributed by atoms with Crippen molar-refractivity contribution in [3.05, 3.63) is 28.4 Å². The molecule has 13 heavy (non-hydrogen) atoms. The number of pyridine rings is 1. The van der Waals surface area contributed by atoms with Crippen molar-refractivity contribution in [2.24, 2.45) is 7.05 Å². The predicted octanol–water partition coefficient (Wildman–Crippen LogP) is 0.876. The summed E-state index contributed by atoms with van der Waals surface area (Å²) in [5, 5.41) is 14.3. The Morgan fingerprint density at radius 2 is 2.38 bits per heavy atom. The lowest BCUT2D eigenvalue weighted by Crippen LogP contribution is -1.92. The molecular formula is C7H6N4O2. The highest BCUT2D eigenvalue weighted by molar-refractivity contribution is 5.82. The first-order chi connectivity index (χ1) is 6.20. The lowest BCUT2D eigenvalue weighted by Gasteiger charge is -1.87. The Morgan fingerprint density at radius 1 is 1.62 bits per heavy atom. The fraction of sp³-hybridized carbons (Fsp3) is 0.143. The van der Waals surface area contributed by atoms with E-state index in [9.17, 15) is 10.1 Å². The lowest BCUT2D eigenvalue weighted by atomic mass is 10.4. The molecule has 2 aromatic heterocycles. The number of fused-ring (bicyclic) bond motifs is 1. The minimum Gasteiger partial charge on any atom is -0.358 e. The molecule has 0 fully saturated rings. The molecule has 2 heterocycles. The first-order valence-electron chi connectivity index (χ1n) is 3.62. The van der Waals surface area contributed by atoms with Crippen molar-refractivity contribution in [1.29, 1.82) is 0 Å². The Hall–Kier alpha value is -1.98. The molecule has 6 heteroatoms. The molecule has 0 unspecified atom stereocenters. The Bertz CT molecular complexity index is 476. The Morgan fingerprint density at radius 3 is 3.08 bits per heavy atom. The van der Waals surface area contributed by atoms with Crippen molar-refractivity contribution in [2.75, 3.05) is 0 Å². The second kappa shape index (κ2) is 2.51. The van der Waals surface area contributed by atoms with Gasteiger partial charge in [0.15, 0.2) is 5.52 Å². The van der Waals surface area contributed by atoms with E-state index in [2.05, 4.69) is 10.1 Å². The fourth-order valence-corrected chi connectivity index (χ4v) is 1.20. The monoisotopic (exact) mass is 178 g/mol. The number of rotatable bonds is 1. The number of aromatic nitrogens is 3. The average molecular weight is 178 g/mol. The molecule has 0 amide bonds. The predicted molar refractivity (Wildman–Crippen MR) is 45.2 cm³/mol. The summed E-state index contributed by atoms with van der Waals surface area (Å²) < 4.78 is 1.44. The van der Waals surface area contributed by atoms with Gasteiger partial charge in [-0.05, 0) is 17.1 Å². The standard InChI is InChI=1S/C7H6N4O2/c1-10-5-3-2-4-8-6(5)7(9-10)11(12)13/h2-4H,1H3. The van der Waals surface area contributed by atoms with Gasteiger partial charge < -0.3 is 10.1 Å². The van der Waals surface area contributed by atoms with Gasteiger partial charge in [-0.25, -0.2) is 4.98 Å². The summed E-state index contributed by atoms with van der Waals surface area (Å²) in [6.07, 6.45) is 1.51. The highest BCUT2D eigenvalue weighted by atomic mass is 16.6. The number of nitro groups is 1. The van der Waals surface area contributed by atoms with Gasteiger partial charge in [0.1, 0.15) is 5.52 Å². The Balaban J connectivity index is 2.85. The van der Waals surface area contributed by atoms with E-state index in [1.807, 2.05) is 0 Å². The van der Waals surface area contributed by atoms with Crippen LogP contribution in [0.15, 0.2) is 18.3 Å². The van der Waals surface area contributed by atoms with Gasteiger partial charge in [-0.3, -0.25) is 0 Å². The van der Waals surface area contributed by atoms with Crippen LogP contribution in [0, 0.1) is 10.1 Å². The minimum atomic E-state index is -0.532. The van der Waals surface area contributed by atoms with Crippen molar-refractivity contribution < 1.29 is 4.92 Å². The molecule has 0 aliphatic rings. The van der Waals surface area contributed by atoms with Gasteiger partial charge in [0, 0.05) is 6.20 Å². The normalized spacial score (nSPS) is 10.5. The maximum absolute atomic E-state index is 10.5. The van der Waals surface area contributed by atoms with Crippen molar-refractivity contribution in [1.82, 2.24) is 14.8 Å². The summed E-state index contributed by atoms with van der Waals surface area (Å²) in [5.74, 6) is -0.196. The van der Waals surface area contributed by atoms with E-state index in [0.29, 0.717) is 11.0 Å². The summed E-state index contributed by atoms with van der Waals surface area (Å²) >= 11 is 0. The van der Waals surface area contributed by atoms with Crippen LogP contribution in [0.2, 0.25) is 0 Å². The number of hydrogen-bond donors (Lipinski definition) is 0. The maximum atomic E-state index is 10.5. The van der Waals surface area contributed by atoms with E-state index in [-0.39, 0.29) is 5.82 Å². The van der Waals surface area contributed by atoms with Crippen LogP contribution in [0.1, 0.15) is 0 Å². The third-order valence-electron chi connectivity index (χ3n) is 1.76. The SMILES string of the molecule is Cn1nc([N+](=O)[O-])c2ncccc21. The van der Waals surface area contributed by atoms with Crippen LogP contribution < -0.4 is 0 Å². The van der Waals surface area contributed by atoms with E-state index in [1.165, 1.54) is 10.9 Å². The second-order valence-corrected chi connectivity index (χ2v) is 2.58. The molecule has 2 aromatic rings. The summed E-state index contributed by atoms with van der Waals surface area (Å²) in [7, 11) is 1.65. The first kappa shape index (κ1) is 7.66. The fourth-order valence-electron chi connectivity index (χ4n) is 1.20. The number of aryl methyl sites for hydroxylation is 1. The van der Waals surface area contributed by atoms with Crippen LogP contribution in [-0.2, 0) is 7.05 Å². The van der Waals surface area contributed by atoms with Crippen LogP contribution in [0.4, 0.5) is 5.82 Å². The number of nitrogens with zero attached hydrogens (tertiary/aromatic N) is 4. The van der Waals surface area contributed by atoms with Gasteiger partial charge in [-0.2, -0.15) is 4.68 Å². The molecule has 0 aliphatic carbocycles. The lowest BCUT2D eigenvalue weighted by molar-refractivity contribution is -0.388. The van der Waals surface area contributed by atoms with Crippen molar-refractivity contribution >= 4 is 16.9 Å².